The maximum atomic E-state index is 14.2. The first-order chi connectivity index (χ1) is 21.7. The van der Waals surface area contributed by atoms with Crippen molar-refractivity contribution in [2.45, 2.75) is 61.0 Å². The predicted molar refractivity (Wildman–Crippen MR) is 191 cm³/mol. The Morgan fingerprint density at radius 1 is 0.457 bits per heavy atom. The number of hydrogen-bond donors (Lipinski definition) is 4. The molecule has 6 rings (SSSR count). The molecule has 0 unspecified atom stereocenters. The number of esters is 1. The van der Waals surface area contributed by atoms with Crippen molar-refractivity contribution in [1.29, 1.82) is 0 Å². The van der Waals surface area contributed by atoms with Crippen LogP contribution in [0.3, 0.4) is 0 Å². The van der Waals surface area contributed by atoms with Crippen LogP contribution in [0.5, 0.6) is 0 Å². The lowest BCUT2D eigenvalue weighted by Crippen LogP contribution is -2.33. The molecule has 46 heavy (non-hydrogen) atoms. The number of carbonyl (C=O) groups excluding carboxylic acids is 1. The summed E-state index contributed by atoms with van der Waals surface area (Å²) in [6.45, 7) is 16.1. The number of nitrogens with two attached hydrogens (primary N) is 4. The second-order valence-electron chi connectivity index (χ2n) is 12.9. The van der Waals surface area contributed by atoms with Crippen molar-refractivity contribution in [3.63, 3.8) is 0 Å². The van der Waals surface area contributed by atoms with Gasteiger partial charge in [-0.1, -0.05) is 54.6 Å². The highest BCUT2D eigenvalue weighted by Gasteiger charge is 2.53. The number of fused-ring (bicyclic) bond motifs is 1. The number of benzene rings is 5. The van der Waals surface area contributed by atoms with E-state index in [-0.39, 0.29) is 0 Å². The van der Waals surface area contributed by atoms with Crippen molar-refractivity contribution in [2.75, 3.05) is 22.9 Å². The Morgan fingerprint density at radius 2 is 0.826 bits per heavy atom. The van der Waals surface area contributed by atoms with Crippen molar-refractivity contribution in [2.24, 2.45) is 0 Å². The van der Waals surface area contributed by atoms with Crippen LogP contribution in [0.1, 0.15) is 71.6 Å². The van der Waals surface area contributed by atoms with Gasteiger partial charge >= 0.3 is 5.97 Å². The molecular formula is C40H42N4O2. The van der Waals surface area contributed by atoms with E-state index < -0.39 is 11.6 Å². The van der Waals surface area contributed by atoms with E-state index in [0.717, 1.165) is 66.8 Å². The summed E-state index contributed by atoms with van der Waals surface area (Å²) in [4.78, 5) is 14.2. The lowest BCUT2D eigenvalue weighted by atomic mass is 9.72. The van der Waals surface area contributed by atoms with Crippen molar-refractivity contribution >= 4 is 28.7 Å². The Bertz CT molecular complexity index is 2070. The molecule has 0 spiro atoms. The zero-order valence-electron chi connectivity index (χ0n) is 27.9. The average Bonchev–Trinajstić information content (AvgIpc) is 3.32. The Morgan fingerprint density at radius 3 is 1.33 bits per heavy atom. The fourth-order valence-electron chi connectivity index (χ4n) is 6.83. The summed E-state index contributed by atoms with van der Waals surface area (Å²) in [6.07, 6.45) is 0. The molecule has 0 amide bonds. The van der Waals surface area contributed by atoms with Gasteiger partial charge in [-0.2, -0.15) is 0 Å². The summed E-state index contributed by atoms with van der Waals surface area (Å²) < 4.78 is 6.69. The lowest BCUT2D eigenvalue weighted by Gasteiger charge is -2.35. The van der Waals surface area contributed by atoms with E-state index in [1.54, 1.807) is 0 Å². The average molecular weight is 611 g/mol. The fourth-order valence-corrected chi connectivity index (χ4v) is 6.83. The topological polar surface area (TPSA) is 130 Å². The third-order valence-electron chi connectivity index (χ3n) is 10.5. The van der Waals surface area contributed by atoms with Crippen LogP contribution >= 0.6 is 0 Å². The van der Waals surface area contributed by atoms with Crippen LogP contribution in [0.4, 0.5) is 22.7 Å². The lowest BCUT2D eigenvalue weighted by molar-refractivity contribution is 0.0257. The van der Waals surface area contributed by atoms with Crippen LogP contribution in [0.25, 0.3) is 22.3 Å². The van der Waals surface area contributed by atoms with Gasteiger partial charge in [-0.15, -0.1) is 0 Å². The summed E-state index contributed by atoms with van der Waals surface area (Å²) in [5.41, 5.74) is 42.3. The quantitative estimate of drug-likeness (QED) is 0.120. The van der Waals surface area contributed by atoms with Gasteiger partial charge in [-0.3, -0.25) is 0 Å². The van der Waals surface area contributed by atoms with Crippen molar-refractivity contribution in [3.8, 4) is 22.3 Å². The molecule has 5 aromatic carbocycles. The summed E-state index contributed by atoms with van der Waals surface area (Å²) in [7, 11) is 0. The molecule has 0 aromatic heterocycles. The number of aryl methyl sites for hydroxylation is 4. The molecule has 1 aliphatic heterocycles. The number of anilines is 4. The molecule has 0 aliphatic carbocycles. The highest BCUT2D eigenvalue weighted by atomic mass is 16.6. The molecule has 6 heteroatoms. The third kappa shape index (κ3) is 4.20. The van der Waals surface area contributed by atoms with Crippen LogP contribution < -0.4 is 22.9 Å². The standard InChI is InChI=1S/C40H42N4O2/c1-19-9-13-28(35(41)23(19)5)27-15-16-30-34(33(27)29-14-10-20(2)24(6)36(29)42)40(46-39(30)45,31-17-11-21(3)25(7)37(31)43)32-18-12-22(4)26(8)38(32)44/h9-18H,41-44H2,1-8H3. The van der Waals surface area contributed by atoms with E-state index in [4.69, 9.17) is 27.7 Å². The molecule has 1 aliphatic rings. The van der Waals surface area contributed by atoms with Crippen LogP contribution in [-0.4, -0.2) is 5.97 Å². The third-order valence-corrected chi connectivity index (χ3v) is 10.5. The molecule has 0 bridgehead atoms. The molecule has 0 saturated heterocycles. The van der Waals surface area contributed by atoms with Gasteiger partial charge in [0.25, 0.3) is 0 Å². The SMILES string of the molecule is Cc1ccc(-c2ccc3c(c2-c2ccc(C)c(C)c2N)C(c2ccc(C)c(C)c2N)(c2ccc(C)c(C)c2N)OC3=O)c(N)c1C. The largest absolute Gasteiger partial charge is 0.440 e. The zero-order chi connectivity index (χ0) is 33.4. The Kier molecular flexibility index (Phi) is 7.16. The number of nitrogen functional groups attached to an aromatic ring is 4. The van der Waals surface area contributed by atoms with E-state index >= 15 is 0 Å². The van der Waals surface area contributed by atoms with Crippen molar-refractivity contribution < 1.29 is 9.53 Å². The molecule has 8 N–H and O–H groups in total. The van der Waals surface area contributed by atoms with E-state index in [1.165, 1.54) is 0 Å². The maximum Gasteiger partial charge on any atom is 0.340 e. The van der Waals surface area contributed by atoms with Crippen LogP contribution in [0.2, 0.25) is 0 Å². The first-order valence-corrected chi connectivity index (χ1v) is 15.6. The molecule has 0 atom stereocenters. The molecule has 0 radical (unpaired) electrons. The zero-order valence-corrected chi connectivity index (χ0v) is 27.9. The van der Waals surface area contributed by atoms with Crippen LogP contribution in [0.15, 0.2) is 60.7 Å². The normalized spacial score (nSPS) is 13.5. The number of ether oxygens (including phenoxy) is 1. The van der Waals surface area contributed by atoms with Gasteiger partial charge in [0.1, 0.15) is 0 Å². The number of cyclic esters (lactones) is 1. The smallest absolute Gasteiger partial charge is 0.340 e. The summed E-state index contributed by atoms with van der Waals surface area (Å²) in [6, 6.07) is 19.9. The minimum absolute atomic E-state index is 0.425. The van der Waals surface area contributed by atoms with Gasteiger partial charge in [0.05, 0.1) is 5.56 Å². The number of rotatable bonds is 4. The molecule has 1 heterocycles. The van der Waals surface area contributed by atoms with Crippen LogP contribution in [0, 0.1) is 55.4 Å². The van der Waals surface area contributed by atoms with Crippen LogP contribution in [-0.2, 0) is 10.3 Å². The van der Waals surface area contributed by atoms with E-state index in [9.17, 15) is 4.79 Å². The highest BCUT2D eigenvalue weighted by molar-refractivity contribution is 6.06. The molecule has 6 nitrogen and oxygen atoms in total. The summed E-state index contributed by atoms with van der Waals surface area (Å²) >= 11 is 0. The van der Waals surface area contributed by atoms with Crippen molar-refractivity contribution in [3.05, 3.63) is 127 Å². The monoisotopic (exact) mass is 610 g/mol. The Balaban J connectivity index is 1.90. The molecule has 5 aromatic rings. The van der Waals surface area contributed by atoms with Gasteiger partial charge in [0.15, 0.2) is 5.60 Å². The van der Waals surface area contributed by atoms with E-state index in [1.807, 2.05) is 104 Å². The number of carbonyl (C=O) groups is 1. The predicted octanol–water partition coefficient (Wildman–Crippen LogP) is 8.28. The minimum Gasteiger partial charge on any atom is -0.440 e. The Hall–Kier alpha value is -5.23. The second kappa shape index (κ2) is 10.7. The van der Waals surface area contributed by atoms with Crippen molar-refractivity contribution in [1.82, 2.24) is 0 Å². The van der Waals surface area contributed by atoms with E-state index in [2.05, 4.69) is 12.1 Å². The Labute approximate surface area is 271 Å². The van der Waals surface area contributed by atoms with Gasteiger partial charge < -0.3 is 27.7 Å². The maximum absolute atomic E-state index is 14.2. The molecule has 0 fully saturated rings. The van der Waals surface area contributed by atoms with Gasteiger partial charge in [0, 0.05) is 56.1 Å². The second-order valence-corrected chi connectivity index (χ2v) is 12.9. The molecular weight excluding hydrogens is 568 g/mol. The first kappa shape index (κ1) is 30.8. The summed E-state index contributed by atoms with van der Waals surface area (Å²) in [5.74, 6) is -0.464. The number of hydrogen-bond acceptors (Lipinski definition) is 6. The molecule has 234 valence electrons. The highest BCUT2D eigenvalue weighted by Crippen LogP contribution is 2.57. The van der Waals surface area contributed by atoms with Gasteiger partial charge in [-0.05, 0) is 112 Å². The molecule has 0 saturated carbocycles. The van der Waals surface area contributed by atoms with Gasteiger partial charge in [0.2, 0.25) is 0 Å². The van der Waals surface area contributed by atoms with Gasteiger partial charge in [-0.25, -0.2) is 4.79 Å². The fraction of sp³-hybridized carbons (Fsp3) is 0.225. The summed E-state index contributed by atoms with van der Waals surface area (Å²) in [5, 5.41) is 0. The van der Waals surface area contributed by atoms with E-state index in [0.29, 0.717) is 45.0 Å². The first-order valence-electron chi connectivity index (χ1n) is 15.6. The minimum atomic E-state index is -1.48.